The van der Waals surface area contributed by atoms with Crippen LogP contribution in [0.25, 0.3) is 0 Å². The van der Waals surface area contributed by atoms with E-state index in [0.29, 0.717) is 0 Å². The maximum Gasteiger partial charge on any atom is 0.0723 e. The summed E-state index contributed by atoms with van der Waals surface area (Å²) >= 11 is 5.95. The number of hydrogen-bond donors (Lipinski definition) is 1. The van der Waals surface area contributed by atoms with Gasteiger partial charge in [-0.2, -0.15) is 0 Å². The highest BCUT2D eigenvalue weighted by Crippen LogP contribution is 2.22. The number of hydrogen-bond acceptors (Lipinski definition) is 1. The van der Waals surface area contributed by atoms with Crippen molar-refractivity contribution in [2.75, 3.05) is 0 Å². The Hall–Kier alpha value is -0.790. The molecule has 1 unspecified atom stereocenters. The lowest BCUT2D eigenvalue weighted by atomic mass is 10.0. The maximum atomic E-state index is 9.69. The number of aliphatic hydroxyl groups excluding tert-OH is 1. The van der Waals surface area contributed by atoms with Gasteiger partial charge in [-0.25, -0.2) is 0 Å². The van der Waals surface area contributed by atoms with Crippen LogP contribution in [0.2, 0.25) is 5.02 Å². The Morgan fingerprint density at radius 1 is 1.31 bits per heavy atom. The van der Waals surface area contributed by atoms with Crippen molar-refractivity contribution in [3.8, 4) is 0 Å². The zero-order valence-corrected chi connectivity index (χ0v) is 10.1. The van der Waals surface area contributed by atoms with Gasteiger partial charge in [0.25, 0.3) is 0 Å². The average Bonchev–Trinajstić information content (AvgIpc) is 2.43. The van der Waals surface area contributed by atoms with Crippen LogP contribution in [0, 0.1) is 0 Å². The van der Waals surface area contributed by atoms with Crippen LogP contribution in [0.1, 0.15) is 31.2 Å². The minimum Gasteiger partial charge on any atom is -0.389 e. The molecule has 1 aromatic rings. The standard InChI is InChI=1S/C14H17ClO/c15-13-6-3-5-11(9-13)8-12-4-1-2-7-14(16)10-12/h3,5-6,9-10,14,16H,1-2,4,7-8H2. The van der Waals surface area contributed by atoms with Gasteiger partial charge in [-0.05, 0) is 43.4 Å². The predicted octanol–water partition coefficient (Wildman–Crippen LogP) is 3.74. The first-order chi connectivity index (χ1) is 7.74. The number of allylic oxidation sites excluding steroid dienone is 1. The monoisotopic (exact) mass is 236 g/mol. The second-order valence-corrected chi connectivity index (χ2v) is 4.88. The third-order valence-corrected chi connectivity index (χ3v) is 3.23. The third-order valence-electron chi connectivity index (χ3n) is 3.00. The molecule has 1 atom stereocenters. The normalized spacial score (nSPS) is 21.4. The van der Waals surface area contributed by atoms with E-state index in [1.807, 2.05) is 24.3 Å². The zero-order chi connectivity index (χ0) is 11.4. The van der Waals surface area contributed by atoms with Crippen molar-refractivity contribution in [3.05, 3.63) is 46.5 Å². The van der Waals surface area contributed by atoms with Gasteiger partial charge in [0.1, 0.15) is 0 Å². The molecule has 0 aromatic heterocycles. The third kappa shape index (κ3) is 3.36. The second kappa shape index (κ2) is 5.51. The topological polar surface area (TPSA) is 20.2 Å². The van der Waals surface area contributed by atoms with Crippen molar-refractivity contribution in [1.82, 2.24) is 0 Å². The van der Waals surface area contributed by atoms with Gasteiger partial charge in [-0.15, -0.1) is 0 Å². The molecule has 0 amide bonds. The van der Waals surface area contributed by atoms with Gasteiger partial charge in [0, 0.05) is 5.02 Å². The minimum absolute atomic E-state index is 0.253. The summed E-state index contributed by atoms with van der Waals surface area (Å²) in [6, 6.07) is 7.95. The highest BCUT2D eigenvalue weighted by molar-refractivity contribution is 6.30. The molecule has 0 spiro atoms. The van der Waals surface area contributed by atoms with Crippen LogP contribution in [0.5, 0.6) is 0 Å². The Labute approximate surface area is 102 Å². The fourth-order valence-electron chi connectivity index (χ4n) is 2.20. The summed E-state index contributed by atoms with van der Waals surface area (Å²) < 4.78 is 0. The van der Waals surface area contributed by atoms with Crippen LogP contribution in [0.15, 0.2) is 35.9 Å². The van der Waals surface area contributed by atoms with E-state index < -0.39 is 0 Å². The minimum atomic E-state index is -0.253. The van der Waals surface area contributed by atoms with E-state index in [1.54, 1.807) is 0 Å². The summed E-state index contributed by atoms with van der Waals surface area (Å²) in [7, 11) is 0. The van der Waals surface area contributed by atoms with Crippen LogP contribution >= 0.6 is 11.6 Å². The molecule has 2 heteroatoms. The van der Waals surface area contributed by atoms with E-state index in [4.69, 9.17) is 11.6 Å². The van der Waals surface area contributed by atoms with E-state index in [1.165, 1.54) is 17.6 Å². The first-order valence-electron chi connectivity index (χ1n) is 5.86. The van der Waals surface area contributed by atoms with Crippen molar-refractivity contribution in [1.29, 1.82) is 0 Å². The van der Waals surface area contributed by atoms with Gasteiger partial charge in [0.2, 0.25) is 0 Å². The van der Waals surface area contributed by atoms with Crippen LogP contribution in [0.4, 0.5) is 0 Å². The van der Waals surface area contributed by atoms with Crippen LogP contribution in [-0.2, 0) is 6.42 Å². The van der Waals surface area contributed by atoms with Gasteiger partial charge < -0.3 is 5.11 Å². The maximum absolute atomic E-state index is 9.69. The molecule has 2 rings (SSSR count). The average molecular weight is 237 g/mol. The molecule has 0 saturated heterocycles. The quantitative estimate of drug-likeness (QED) is 0.776. The molecule has 1 aliphatic carbocycles. The fourth-order valence-corrected chi connectivity index (χ4v) is 2.41. The Kier molecular flexibility index (Phi) is 4.03. The Morgan fingerprint density at radius 2 is 2.19 bits per heavy atom. The highest BCUT2D eigenvalue weighted by Gasteiger charge is 2.09. The summed E-state index contributed by atoms with van der Waals surface area (Å²) in [5.41, 5.74) is 2.57. The zero-order valence-electron chi connectivity index (χ0n) is 9.32. The molecule has 1 nitrogen and oxygen atoms in total. The van der Waals surface area contributed by atoms with Crippen molar-refractivity contribution in [3.63, 3.8) is 0 Å². The molecule has 0 fully saturated rings. The van der Waals surface area contributed by atoms with Crippen molar-refractivity contribution in [2.24, 2.45) is 0 Å². The Balaban J connectivity index is 2.08. The highest BCUT2D eigenvalue weighted by atomic mass is 35.5. The van der Waals surface area contributed by atoms with Gasteiger partial charge in [0.05, 0.1) is 6.10 Å². The summed E-state index contributed by atoms with van der Waals surface area (Å²) in [5.74, 6) is 0. The molecule has 0 radical (unpaired) electrons. The molecule has 0 aliphatic heterocycles. The molecule has 0 saturated carbocycles. The molecular formula is C14H17ClO. The molecule has 0 heterocycles. The molecule has 16 heavy (non-hydrogen) atoms. The summed E-state index contributed by atoms with van der Waals surface area (Å²) in [6.07, 6.45) is 6.99. The van der Waals surface area contributed by atoms with E-state index >= 15 is 0 Å². The van der Waals surface area contributed by atoms with Crippen molar-refractivity contribution >= 4 is 11.6 Å². The predicted molar refractivity (Wildman–Crippen MR) is 67.7 cm³/mol. The molecule has 86 valence electrons. The van der Waals surface area contributed by atoms with Crippen molar-refractivity contribution < 1.29 is 5.11 Å². The molecule has 1 N–H and O–H groups in total. The fraction of sp³-hybridized carbons (Fsp3) is 0.429. The van der Waals surface area contributed by atoms with Gasteiger partial charge in [-0.3, -0.25) is 0 Å². The van der Waals surface area contributed by atoms with Crippen LogP contribution in [0.3, 0.4) is 0 Å². The smallest absolute Gasteiger partial charge is 0.0723 e. The van der Waals surface area contributed by atoms with Gasteiger partial charge in [0.15, 0.2) is 0 Å². The van der Waals surface area contributed by atoms with Crippen LogP contribution < -0.4 is 0 Å². The molecule has 0 bridgehead atoms. The number of halogens is 1. The van der Waals surface area contributed by atoms with E-state index in [-0.39, 0.29) is 6.10 Å². The summed E-state index contributed by atoms with van der Waals surface area (Å²) in [6.45, 7) is 0. The Bertz CT molecular complexity index is 384. The molecule has 1 aromatic carbocycles. The van der Waals surface area contributed by atoms with E-state index in [0.717, 1.165) is 30.7 Å². The summed E-state index contributed by atoms with van der Waals surface area (Å²) in [5, 5.41) is 10.5. The molecule has 1 aliphatic rings. The first kappa shape index (κ1) is 11.7. The lowest BCUT2D eigenvalue weighted by Gasteiger charge is -2.07. The summed E-state index contributed by atoms with van der Waals surface area (Å²) in [4.78, 5) is 0. The van der Waals surface area contributed by atoms with Crippen LogP contribution in [-0.4, -0.2) is 11.2 Å². The lowest BCUT2D eigenvalue weighted by molar-refractivity contribution is 0.211. The van der Waals surface area contributed by atoms with Gasteiger partial charge in [-0.1, -0.05) is 41.8 Å². The largest absolute Gasteiger partial charge is 0.389 e. The van der Waals surface area contributed by atoms with E-state index in [2.05, 4.69) is 6.07 Å². The first-order valence-corrected chi connectivity index (χ1v) is 6.24. The van der Waals surface area contributed by atoms with Crippen molar-refractivity contribution in [2.45, 2.75) is 38.2 Å². The second-order valence-electron chi connectivity index (χ2n) is 4.44. The van der Waals surface area contributed by atoms with Gasteiger partial charge >= 0.3 is 0 Å². The number of aliphatic hydroxyl groups is 1. The molecular weight excluding hydrogens is 220 g/mol. The number of benzene rings is 1. The lowest BCUT2D eigenvalue weighted by Crippen LogP contribution is -2.01. The number of rotatable bonds is 2. The Morgan fingerprint density at radius 3 is 3.00 bits per heavy atom. The van der Waals surface area contributed by atoms with E-state index in [9.17, 15) is 5.11 Å². The SMILES string of the molecule is OC1C=C(Cc2cccc(Cl)c2)CCCC1.